The fourth-order valence-electron chi connectivity index (χ4n) is 3.90. The fraction of sp³-hybridized carbons (Fsp3) is 0.333. The summed E-state index contributed by atoms with van der Waals surface area (Å²) in [6.07, 6.45) is 0.970. The van der Waals surface area contributed by atoms with E-state index >= 15 is 0 Å². The summed E-state index contributed by atoms with van der Waals surface area (Å²) in [5, 5.41) is 14.6. The minimum Gasteiger partial charge on any atom is -0.447 e. The largest absolute Gasteiger partial charge is 0.447 e. The first-order valence-electron chi connectivity index (χ1n) is 9.86. The van der Waals surface area contributed by atoms with Crippen molar-refractivity contribution >= 4 is 34.7 Å². The molecule has 30 heavy (non-hydrogen) atoms. The van der Waals surface area contributed by atoms with Crippen LogP contribution in [-0.4, -0.2) is 43.2 Å². The number of rotatable bonds is 5. The van der Waals surface area contributed by atoms with E-state index in [9.17, 15) is 19.7 Å². The molecule has 1 N–H and O–H groups in total. The van der Waals surface area contributed by atoms with Gasteiger partial charge in [-0.3, -0.25) is 19.8 Å². The Morgan fingerprint density at radius 1 is 1.17 bits per heavy atom. The Morgan fingerprint density at radius 2 is 1.97 bits per heavy atom. The second-order valence-electron chi connectivity index (χ2n) is 7.34. The number of nitro groups is 1. The average molecular weight is 410 g/mol. The molecule has 1 atom stereocenters. The number of benzene rings is 2. The Labute approximate surface area is 173 Å². The molecule has 2 amide bonds. The molecule has 2 aliphatic rings. The lowest BCUT2D eigenvalue weighted by Gasteiger charge is -2.33. The molecule has 0 aliphatic carbocycles. The Balaban J connectivity index is 1.53. The van der Waals surface area contributed by atoms with Crippen LogP contribution in [0.5, 0.6) is 0 Å². The van der Waals surface area contributed by atoms with Crippen molar-refractivity contribution in [1.82, 2.24) is 0 Å². The van der Waals surface area contributed by atoms with Crippen molar-refractivity contribution in [2.45, 2.75) is 12.8 Å². The monoisotopic (exact) mass is 410 g/mol. The Kier molecular flexibility index (Phi) is 5.51. The Bertz CT molecular complexity index is 965. The standard InChI is InChI=1S/C21H22N4O5/c26-20(22-16-6-2-1-3-7-16)15-5-4-10-23(14-15)18-9-8-17(13-19(18)25(28)29)24-11-12-30-21(24)27/h1-3,6-9,13,15H,4-5,10-12,14H2,(H,22,26). The third kappa shape index (κ3) is 4.05. The second kappa shape index (κ2) is 8.40. The van der Waals surface area contributed by atoms with E-state index in [4.69, 9.17) is 4.74 Å². The highest BCUT2D eigenvalue weighted by molar-refractivity contribution is 5.93. The number of carbonyl (C=O) groups excluding carboxylic acids is 2. The van der Waals surface area contributed by atoms with E-state index in [0.29, 0.717) is 31.0 Å². The summed E-state index contributed by atoms with van der Waals surface area (Å²) in [6, 6.07) is 14.0. The van der Waals surface area contributed by atoms with Crippen LogP contribution >= 0.6 is 0 Å². The summed E-state index contributed by atoms with van der Waals surface area (Å²) < 4.78 is 4.92. The second-order valence-corrected chi connectivity index (χ2v) is 7.34. The van der Waals surface area contributed by atoms with Crippen molar-refractivity contribution in [2.75, 3.05) is 41.4 Å². The molecule has 9 nitrogen and oxygen atoms in total. The van der Waals surface area contributed by atoms with E-state index in [-0.39, 0.29) is 24.1 Å². The number of nitrogens with zero attached hydrogens (tertiary/aromatic N) is 3. The number of nitro benzene ring substituents is 1. The molecule has 0 saturated carbocycles. The molecule has 0 bridgehead atoms. The van der Waals surface area contributed by atoms with E-state index in [1.807, 2.05) is 35.2 Å². The molecule has 2 aromatic carbocycles. The highest BCUT2D eigenvalue weighted by atomic mass is 16.6. The van der Waals surface area contributed by atoms with Gasteiger partial charge in [0, 0.05) is 24.8 Å². The minimum absolute atomic E-state index is 0.0867. The molecule has 156 valence electrons. The lowest BCUT2D eigenvalue weighted by molar-refractivity contribution is -0.384. The zero-order valence-corrected chi connectivity index (χ0v) is 16.3. The molecule has 0 spiro atoms. The van der Waals surface area contributed by atoms with Gasteiger partial charge in [-0.25, -0.2) is 4.79 Å². The van der Waals surface area contributed by atoms with E-state index in [0.717, 1.165) is 18.5 Å². The molecule has 2 saturated heterocycles. The molecule has 2 aromatic rings. The van der Waals surface area contributed by atoms with Crippen LogP contribution in [0.2, 0.25) is 0 Å². The summed E-state index contributed by atoms with van der Waals surface area (Å²) in [5.74, 6) is -0.364. The van der Waals surface area contributed by atoms with Crippen molar-refractivity contribution < 1.29 is 19.2 Å². The van der Waals surface area contributed by atoms with Gasteiger partial charge in [0.05, 0.1) is 23.1 Å². The number of hydrogen-bond acceptors (Lipinski definition) is 6. The molecule has 9 heteroatoms. The van der Waals surface area contributed by atoms with Crippen LogP contribution < -0.4 is 15.1 Å². The molecule has 4 rings (SSSR count). The maximum Gasteiger partial charge on any atom is 0.414 e. The molecule has 1 unspecified atom stereocenters. The van der Waals surface area contributed by atoms with Crippen molar-refractivity contribution in [1.29, 1.82) is 0 Å². The summed E-state index contributed by atoms with van der Waals surface area (Å²) in [5.41, 5.74) is 1.53. The lowest BCUT2D eigenvalue weighted by Crippen LogP contribution is -2.41. The van der Waals surface area contributed by atoms with Crippen LogP contribution in [0.25, 0.3) is 0 Å². The minimum atomic E-state index is -0.507. The number of nitrogens with one attached hydrogen (secondary N) is 1. The highest BCUT2D eigenvalue weighted by Crippen LogP contribution is 2.35. The fourth-order valence-corrected chi connectivity index (χ4v) is 3.90. The third-order valence-corrected chi connectivity index (χ3v) is 5.40. The quantitative estimate of drug-likeness (QED) is 0.598. The van der Waals surface area contributed by atoms with Gasteiger partial charge < -0.3 is 15.0 Å². The first-order valence-corrected chi connectivity index (χ1v) is 9.86. The lowest BCUT2D eigenvalue weighted by atomic mass is 9.96. The van der Waals surface area contributed by atoms with Gasteiger partial charge >= 0.3 is 6.09 Å². The molecular weight excluding hydrogens is 388 g/mol. The number of hydrogen-bond donors (Lipinski definition) is 1. The maximum absolute atomic E-state index is 12.7. The van der Waals surface area contributed by atoms with Gasteiger partial charge in [0.15, 0.2) is 0 Å². The topological polar surface area (TPSA) is 105 Å². The maximum atomic E-state index is 12.7. The first kappa shape index (κ1) is 19.7. The van der Waals surface area contributed by atoms with Gasteiger partial charge in [0.25, 0.3) is 5.69 Å². The van der Waals surface area contributed by atoms with Crippen molar-refractivity contribution in [3.63, 3.8) is 0 Å². The van der Waals surface area contributed by atoms with Gasteiger partial charge in [-0.2, -0.15) is 0 Å². The zero-order chi connectivity index (χ0) is 21.1. The van der Waals surface area contributed by atoms with Crippen molar-refractivity contribution in [3.05, 3.63) is 58.6 Å². The van der Waals surface area contributed by atoms with Gasteiger partial charge in [0.1, 0.15) is 12.3 Å². The number of piperidine rings is 1. The van der Waals surface area contributed by atoms with E-state index in [1.165, 1.54) is 11.0 Å². The van der Waals surface area contributed by atoms with Gasteiger partial charge in [-0.1, -0.05) is 18.2 Å². The number of amides is 2. The van der Waals surface area contributed by atoms with E-state index in [1.54, 1.807) is 12.1 Å². The molecule has 2 heterocycles. The molecule has 0 aromatic heterocycles. The van der Waals surface area contributed by atoms with Crippen molar-refractivity contribution in [3.8, 4) is 0 Å². The van der Waals surface area contributed by atoms with E-state index < -0.39 is 11.0 Å². The molecule has 0 radical (unpaired) electrons. The average Bonchev–Trinajstić information content (AvgIpc) is 3.20. The summed E-state index contributed by atoms with van der Waals surface area (Å²) in [6.45, 7) is 1.64. The summed E-state index contributed by atoms with van der Waals surface area (Å²) >= 11 is 0. The summed E-state index contributed by atoms with van der Waals surface area (Å²) in [4.78, 5) is 39.0. The van der Waals surface area contributed by atoms with Crippen LogP contribution in [-0.2, 0) is 9.53 Å². The van der Waals surface area contributed by atoms with Gasteiger partial charge in [-0.05, 0) is 37.1 Å². The zero-order valence-electron chi connectivity index (χ0n) is 16.3. The van der Waals surface area contributed by atoms with Crippen LogP contribution in [0, 0.1) is 16.0 Å². The van der Waals surface area contributed by atoms with Crippen LogP contribution in [0.4, 0.5) is 27.5 Å². The number of cyclic esters (lactones) is 1. The van der Waals surface area contributed by atoms with Crippen LogP contribution in [0.1, 0.15) is 12.8 Å². The predicted molar refractivity (Wildman–Crippen MR) is 112 cm³/mol. The smallest absolute Gasteiger partial charge is 0.414 e. The highest BCUT2D eigenvalue weighted by Gasteiger charge is 2.31. The van der Waals surface area contributed by atoms with Crippen molar-refractivity contribution in [2.24, 2.45) is 5.92 Å². The summed E-state index contributed by atoms with van der Waals surface area (Å²) in [7, 11) is 0. The predicted octanol–water partition coefficient (Wildman–Crippen LogP) is 3.41. The number of para-hydroxylation sites is 1. The van der Waals surface area contributed by atoms with Gasteiger partial charge in [0.2, 0.25) is 5.91 Å². The normalized spacial score (nSPS) is 18.8. The number of ether oxygens (including phenoxy) is 1. The molecule has 2 fully saturated rings. The third-order valence-electron chi connectivity index (χ3n) is 5.40. The van der Waals surface area contributed by atoms with E-state index in [2.05, 4.69) is 5.32 Å². The van der Waals surface area contributed by atoms with Crippen LogP contribution in [0.3, 0.4) is 0 Å². The Hall–Kier alpha value is -3.62. The van der Waals surface area contributed by atoms with Crippen LogP contribution in [0.15, 0.2) is 48.5 Å². The van der Waals surface area contributed by atoms with Gasteiger partial charge in [-0.15, -0.1) is 0 Å². The Morgan fingerprint density at radius 3 is 2.67 bits per heavy atom. The number of anilines is 3. The number of carbonyl (C=O) groups is 2. The first-order chi connectivity index (χ1) is 14.5. The molecule has 2 aliphatic heterocycles. The SMILES string of the molecule is O=C(Nc1ccccc1)C1CCCN(c2ccc(N3CCOC3=O)cc2[N+](=O)[O-])C1. The molecular formula is C21H22N4O5.